The second-order valence-corrected chi connectivity index (χ2v) is 6.64. The summed E-state index contributed by atoms with van der Waals surface area (Å²) in [5, 5.41) is 3.44. The van der Waals surface area contributed by atoms with E-state index in [0.29, 0.717) is 29.5 Å². The molecule has 0 bridgehead atoms. The fraction of sp³-hybridized carbons (Fsp3) is 0.300. The number of rotatable bonds is 6. The summed E-state index contributed by atoms with van der Waals surface area (Å²) in [5.41, 5.74) is 1.56. The van der Waals surface area contributed by atoms with E-state index in [1.54, 1.807) is 55.5 Å². The molecule has 0 saturated carbocycles. The summed E-state index contributed by atoms with van der Waals surface area (Å²) in [4.78, 5) is 26.8. The van der Waals surface area contributed by atoms with Gasteiger partial charge >= 0.3 is 0 Å². The van der Waals surface area contributed by atoms with Crippen LogP contribution in [0.4, 0.5) is 5.69 Å². The van der Waals surface area contributed by atoms with Crippen molar-refractivity contribution in [2.24, 2.45) is 5.92 Å². The molecule has 1 aliphatic heterocycles. The second kappa shape index (κ2) is 8.31. The Morgan fingerprint density at radius 2 is 1.93 bits per heavy atom. The van der Waals surface area contributed by atoms with E-state index >= 15 is 0 Å². The van der Waals surface area contributed by atoms with Gasteiger partial charge in [0.05, 0.1) is 14.2 Å². The Hall–Kier alpha value is -2.73. The van der Waals surface area contributed by atoms with Gasteiger partial charge in [0.2, 0.25) is 11.8 Å². The van der Waals surface area contributed by atoms with Gasteiger partial charge in [-0.2, -0.15) is 0 Å². The second-order valence-electron chi connectivity index (χ2n) is 6.20. The van der Waals surface area contributed by atoms with E-state index in [-0.39, 0.29) is 18.4 Å². The largest absolute Gasteiger partial charge is 0.497 e. The normalized spacial score (nSPS) is 16.3. The molecule has 0 unspecified atom stereocenters. The van der Waals surface area contributed by atoms with Crippen molar-refractivity contribution < 1.29 is 19.1 Å². The number of carbonyl (C=O) groups is 2. The number of methoxy groups -OCH3 is 2. The van der Waals surface area contributed by atoms with Crippen molar-refractivity contribution >= 4 is 29.1 Å². The highest BCUT2D eigenvalue weighted by atomic mass is 35.5. The van der Waals surface area contributed by atoms with E-state index in [2.05, 4.69) is 5.32 Å². The Balaban J connectivity index is 1.63. The SMILES string of the molecule is COc1ccc(CNC(=O)[C@@H]2CCN(c3ccc(Cl)cc3)C2=O)c(OC)c1. The minimum atomic E-state index is -0.690. The molecule has 1 saturated heterocycles. The standard InChI is InChI=1S/C20H21ClN2O4/c1-26-16-8-3-13(18(11-16)27-2)12-22-19(24)17-9-10-23(20(17)25)15-6-4-14(21)5-7-15/h3-8,11,17H,9-10,12H2,1-2H3,(H,22,24)/t17-/m0/s1. The van der Waals surface area contributed by atoms with E-state index in [1.807, 2.05) is 6.07 Å². The third-order valence-electron chi connectivity index (χ3n) is 4.61. The third kappa shape index (κ3) is 4.17. The highest BCUT2D eigenvalue weighted by Gasteiger charge is 2.37. The van der Waals surface area contributed by atoms with Crippen LogP contribution in [0.1, 0.15) is 12.0 Å². The first-order valence-corrected chi connectivity index (χ1v) is 8.97. The average Bonchev–Trinajstić information content (AvgIpc) is 3.08. The van der Waals surface area contributed by atoms with Crippen LogP contribution in [0, 0.1) is 5.92 Å². The van der Waals surface area contributed by atoms with Gasteiger partial charge < -0.3 is 19.7 Å². The lowest BCUT2D eigenvalue weighted by Gasteiger charge is -2.17. The first-order valence-electron chi connectivity index (χ1n) is 8.59. The summed E-state index contributed by atoms with van der Waals surface area (Å²) in [5.74, 6) is 0.123. The number of anilines is 1. The molecule has 0 aromatic heterocycles. The quantitative estimate of drug-likeness (QED) is 0.772. The molecular weight excluding hydrogens is 368 g/mol. The molecule has 2 amide bonds. The smallest absolute Gasteiger partial charge is 0.239 e. The molecule has 6 nitrogen and oxygen atoms in total. The lowest BCUT2D eigenvalue weighted by atomic mass is 10.1. The number of nitrogens with zero attached hydrogens (tertiary/aromatic N) is 1. The van der Waals surface area contributed by atoms with Gasteiger partial charge in [-0.15, -0.1) is 0 Å². The highest BCUT2D eigenvalue weighted by molar-refractivity contribution is 6.30. The van der Waals surface area contributed by atoms with Crippen LogP contribution in [0.2, 0.25) is 5.02 Å². The molecule has 27 heavy (non-hydrogen) atoms. The molecule has 142 valence electrons. The van der Waals surface area contributed by atoms with Gasteiger partial charge in [0, 0.05) is 35.4 Å². The molecule has 0 radical (unpaired) electrons. The lowest BCUT2D eigenvalue weighted by Crippen LogP contribution is -2.36. The number of ether oxygens (including phenoxy) is 2. The Bertz CT molecular complexity index is 838. The Morgan fingerprint density at radius 3 is 2.59 bits per heavy atom. The van der Waals surface area contributed by atoms with Gasteiger partial charge in [-0.1, -0.05) is 11.6 Å². The summed E-state index contributed by atoms with van der Waals surface area (Å²) in [7, 11) is 3.14. The van der Waals surface area contributed by atoms with Crippen molar-refractivity contribution in [1.29, 1.82) is 0 Å². The topological polar surface area (TPSA) is 67.9 Å². The molecule has 1 fully saturated rings. The molecule has 7 heteroatoms. The molecule has 1 aliphatic rings. The van der Waals surface area contributed by atoms with Crippen molar-refractivity contribution in [3.63, 3.8) is 0 Å². The number of halogens is 1. The van der Waals surface area contributed by atoms with E-state index in [4.69, 9.17) is 21.1 Å². The summed E-state index contributed by atoms with van der Waals surface area (Å²) in [6, 6.07) is 12.4. The molecule has 1 heterocycles. The van der Waals surface area contributed by atoms with Crippen LogP contribution >= 0.6 is 11.6 Å². The monoisotopic (exact) mass is 388 g/mol. The number of carbonyl (C=O) groups excluding carboxylic acids is 2. The fourth-order valence-corrected chi connectivity index (χ4v) is 3.23. The van der Waals surface area contributed by atoms with E-state index in [9.17, 15) is 9.59 Å². The zero-order chi connectivity index (χ0) is 19.4. The van der Waals surface area contributed by atoms with Crippen LogP contribution in [-0.4, -0.2) is 32.6 Å². The fourth-order valence-electron chi connectivity index (χ4n) is 3.10. The first kappa shape index (κ1) is 19.0. The van der Waals surface area contributed by atoms with Gasteiger partial charge in [0.25, 0.3) is 0 Å². The summed E-state index contributed by atoms with van der Waals surface area (Å²) < 4.78 is 10.5. The minimum absolute atomic E-state index is 0.198. The van der Waals surface area contributed by atoms with Crippen LogP contribution in [0.25, 0.3) is 0 Å². The van der Waals surface area contributed by atoms with Crippen LogP contribution in [0.3, 0.4) is 0 Å². The predicted molar refractivity (Wildman–Crippen MR) is 103 cm³/mol. The van der Waals surface area contributed by atoms with Gasteiger partial charge in [0.15, 0.2) is 0 Å². The molecule has 3 rings (SSSR count). The minimum Gasteiger partial charge on any atom is -0.497 e. The van der Waals surface area contributed by atoms with Crippen molar-refractivity contribution in [3.8, 4) is 11.5 Å². The Kier molecular flexibility index (Phi) is 5.86. The molecule has 0 spiro atoms. The molecule has 2 aromatic carbocycles. The number of hydrogen-bond donors (Lipinski definition) is 1. The third-order valence-corrected chi connectivity index (χ3v) is 4.86. The van der Waals surface area contributed by atoms with Crippen LogP contribution in [0.15, 0.2) is 42.5 Å². The van der Waals surface area contributed by atoms with Crippen molar-refractivity contribution in [2.45, 2.75) is 13.0 Å². The molecule has 0 aliphatic carbocycles. The predicted octanol–water partition coefficient (Wildman–Crippen LogP) is 3.03. The summed E-state index contributed by atoms with van der Waals surface area (Å²) in [6.07, 6.45) is 0.479. The van der Waals surface area contributed by atoms with E-state index in [0.717, 1.165) is 11.3 Å². The zero-order valence-corrected chi connectivity index (χ0v) is 16.0. The van der Waals surface area contributed by atoms with Crippen LogP contribution in [0.5, 0.6) is 11.5 Å². The molecule has 1 N–H and O–H groups in total. The van der Waals surface area contributed by atoms with Gasteiger partial charge in [-0.25, -0.2) is 0 Å². The Morgan fingerprint density at radius 1 is 1.19 bits per heavy atom. The summed E-state index contributed by atoms with van der Waals surface area (Å²) in [6.45, 7) is 0.779. The maximum atomic E-state index is 12.6. The maximum Gasteiger partial charge on any atom is 0.239 e. The van der Waals surface area contributed by atoms with Crippen LogP contribution < -0.4 is 19.7 Å². The zero-order valence-electron chi connectivity index (χ0n) is 15.2. The van der Waals surface area contributed by atoms with Crippen LogP contribution in [-0.2, 0) is 16.1 Å². The van der Waals surface area contributed by atoms with Crippen molar-refractivity contribution in [3.05, 3.63) is 53.1 Å². The molecule has 2 aromatic rings. The van der Waals surface area contributed by atoms with Gasteiger partial charge in [-0.05, 0) is 42.8 Å². The average molecular weight is 389 g/mol. The summed E-state index contributed by atoms with van der Waals surface area (Å²) >= 11 is 5.89. The van der Waals surface area contributed by atoms with Crippen molar-refractivity contribution in [2.75, 3.05) is 25.7 Å². The number of nitrogens with one attached hydrogen (secondary N) is 1. The maximum absolute atomic E-state index is 12.6. The number of benzene rings is 2. The molecular formula is C20H21ClN2O4. The van der Waals surface area contributed by atoms with E-state index in [1.165, 1.54) is 0 Å². The first-order chi connectivity index (χ1) is 13.0. The molecule has 1 atom stereocenters. The Labute approximate surface area is 163 Å². The highest BCUT2D eigenvalue weighted by Crippen LogP contribution is 2.27. The number of amides is 2. The lowest BCUT2D eigenvalue weighted by molar-refractivity contribution is -0.132. The van der Waals surface area contributed by atoms with Gasteiger partial charge in [0.1, 0.15) is 17.4 Å². The van der Waals surface area contributed by atoms with Crippen molar-refractivity contribution in [1.82, 2.24) is 5.32 Å². The van der Waals surface area contributed by atoms with Gasteiger partial charge in [-0.3, -0.25) is 9.59 Å². The number of hydrogen-bond acceptors (Lipinski definition) is 4. The van der Waals surface area contributed by atoms with E-state index < -0.39 is 5.92 Å².